The van der Waals surface area contributed by atoms with Crippen LogP contribution in [0.4, 0.5) is 5.69 Å². The van der Waals surface area contributed by atoms with Crippen molar-refractivity contribution in [3.63, 3.8) is 0 Å². The highest BCUT2D eigenvalue weighted by Crippen LogP contribution is 2.47. The Morgan fingerprint density at radius 2 is 1.62 bits per heavy atom. The quantitative estimate of drug-likeness (QED) is 0.477. The van der Waals surface area contributed by atoms with E-state index in [4.69, 9.17) is 14.2 Å². The number of hydrogen-bond donors (Lipinski definition) is 0. The fraction of sp³-hybridized carbons (Fsp3) is 0.333. The van der Waals surface area contributed by atoms with E-state index in [9.17, 15) is 18.5 Å². The molecule has 2 aromatic carbocycles. The highest BCUT2D eigenvalue weighted by atomic mass is 32.2. The van der Waals surface area contributed by atoms with Crippen LogP contribution < -0.4 is 14.2 Å². The van der Waals surface area contributed by atoms with Gasteiger partial charge in [-0.25, -0.2) is 8.42 Å². The summed E-state index contributed by atoms with van der Waals surface area (Å²) in [6.45, 7) is 0.298. The largest absolute Gasteiger partial charge is 0.496 e. The Hall–Kier alpha value is -2.50. The first kappa shape index (κ1) is 21.2. The molecule has 1 aliphatic heterocycles. The van der Waals surface area contributed by atoms with Crippen molar-refractivity contribution in [2.75, 3.05) is 33.6 Å². The highest BCUT2D eigenvalue weighted by Gasteiger charge is 2.39. The van der Waals surface area contributed by atoms with Gasteiger partial charge < -0.3 is 14.2 Å². The van der Waals surface area contributed by atoms with E-state index >= 15 is 0 Å². The zero-order chi connectivity index (χ0) is 21.2. The number of nitro benzene ring substituents is 1. The summed E-state index contributed by atoms with van der Waals surface area (Å²) < 4.78 is 43.9. The molecule has 1 fully saturated rings. The molecule has 1 heterocycles. The first-order valence-corrected chi connectivity index (χ1v) is 11.0. The van der Waals surface area contributed by atoms with Crippen LogP contribution >= 0.6 is 11.8 Å². The molecule has 156 valence electrons. The minimum Gasteiger partial charge on any atom is -0.496 e. The van der Waals surface area contributed by atoms with E-state index in [1.165, 1.54) is 61.7 Å². The van der Waals surface area contributed by atoms with Crippen LogP contribution in [0.5, 0.6) is 17.2 Å². The second kappa shape index (κ2) is 8.47. The maximum atomic E-state index is 13.2. The average molecular weight is 440 g/mol. The van der Waals surface area contributed by atoms with Crippen molar-refractivity contribution >= 4 is 27.5 Å². The SMILES string of the molecule is COc1cc(OC)c([C@@H]2SCCN2S(=O)(=O)c2ccc([N+](=O)[O-])cc2)cc1OC. The Bertz CT molecular complexity index is 1010. The van der Waals surface area contributed by atoms with E-state index in [0.29, 0.717) is 35.1 Å². The second-order valence-corrected chi connectivity index (χ2v) is 9.12. The molecule has 1 aliphatic rings. The van der Waals surface area contributed by atoms with Gasteiger partial charge in [-0.15, -0.1) is 11.8 Å². The normalized spacial score (nSPS) is 17.1. The number of hydrogen-bond acceptors (Lipinski definition) is 8. The maximum Gasteiger partial charge on any atom is 0.269 e. The van der Waals surface area contributed by atoms with Gasteiger partial charge in [-0.05, 0) is 18.2 Å². The Balaban J connectivity index is 2.02. The maximum absolute atomic E-state index is 13.2. The third-order valence-electron chi connectivity index (χ3n) is 4.51. The van der Waals surface area contributed by atoms with Gasteiger partial charge in [0.1, 0.15) is 5.75 Å². The summed E-state index contributed by atoms with van der Waals surface area (Å²) >= 11 is 1.46. The van der Waals surface area contributed by atoms with Crippen molar-refractivity contribution in [2.24, 2.45) is 0 Å². The Labute approximate surface area is 172 Å². The van der Waals surface area contributed by atoms with E-state index in [1.54, 1.807) is 12.1 Å². The van der Waals surface area contributed by atoms with Crippen molar-refractivity contribution in [1.29, 1.82) is 0 Å². The predicted molar refractivity (Wildman–Crippen MR) is 108 cm³/mol. The Kier molecular flexibility index (Phi) is 6.20. The van der Waals surface area contributed by atoms with Crippen LogP contribution in [0.2, 0.25) is 0 Å². The van der Waals surface area contributed by atoms with Crippen LogP contribution in [0, 0.1) is 10.1 Å². The average Bonchev–Trinajstić information content (AvgIpc) is 3.23. The third-order valence-corrected chi connectivity index (χ3v) is 7.76. The lowest BCUT2D eigenvalue weighted by molar-refractivity contribution is -0.384. The van der Waals surface area contributed by atoms with Gasteiger partial charge >= 0.3 is 0 Å². The molecule has 1 atom stereocenters. The first-order valence-electron chi connectivity index (χ1n) is 8.51. The number of non-ortho nitro benzene ring substituents is 1. The van der Waals surface area contributed by atoms with E-state index in [2.05, 4.69) is 0 Å². The minimum atomic E-state index is -3.88. The van der Waals surface area contributed by atoms with Crippen LogP contribution in [0.1, 0.15) is 10.9 Å². The van der Waals surface area contributed by atoms with Crippen molar-refractivity contribution in [1.82, 2.24) is 4.31 Å². The number of methoxy groups -OCH3 is 3. The fourth-order valence-corrected chi connectivity index (χ4v) is 6.31. The van der Waals surface area contributed by atoms with Gasteiger partial charge in [-0.2, -0.15) is 4.31 Å². The number of nitrogens with zero attached hydrogens (tertiary/aromatic N) is 2. The molecule has 0 unspecified atom stereocenters. The second-order valence-electron chi connectivity index (χ2n) is 6.04. The predicted octanol–water partition coefficient (Wildman–Crippen LogP) is 3.06. The fourth-order valence-electron chi connectivity index (χ4n) is 3.07. The molecule has 11 heteroatoms. The summed E-state index contributed by atoms with van der Waals surface area (Å²) in [5.41, 5.74) is 0.469. The van der Waals surface area contributed by atoms with Gasteiger partial charge in [0.2, 0.25) is 10.0 Å². The lowest BCUT2D eigenvalue weighted by atomic mass is 10.1. The lowest BCUT2D eigenvalue weighted by Gasteiger charge is -2.25. The molecule has 29 heavy (non-hydrogen) atoms. The number of benzene rings is 2. The van der Waals surface area contributed by atoms with E-state index in [1.807, 2.05) is 0 Å². The summed E-state index contributed by atoms with van der Waals surface area (Å²) in [6.07, 6.45) is 0. The molecule has 0 amide bonds. The topological polar surface area (TPSA) is 108 Å². The van der Waals surface area contributed by atoms with Gasteiger partial charge in [0.15, 0.2) is 11.5 Å². The van der Waals surface area contributed by atoms with Crippen molar-refractivity contribution in [3.8, 4) is 17.2 Å². The zero-order valence-electron chi connectivity index (χ0n) is 16.0. The van der Waals surface area contributed by atoms with Gasteiger partial charge in [0.25, 0.3) is 5.69 Å². The molecule has 9 nitrogen and oxygen atoms in total. The van der Waals surface area contributed by atoms with Crippen LogP contribution in [-0.4, -0.2) is 51.3 Å². The van der Waals surface area contributed by atoms with Crippen molar-refractivity contribution in [3.05, 3.63) is 52.1 Å². The summed E-state index contributed by atoms with van der Waals surface area (Å²) in [6, 6.07) is 8.23. The molecule has 2 aromatic rings. The van der Waals surface area contributed by atoms with Crippen LogP contribution in [0.15, 0.2) is 41.3 Å². The molecular formula is C18H20N2O7S2. The number of nitro groups is 1. The molecule has 0 spiro atoms. The minimum absolute atomic E-state index is 0.00459. The first-order chi connectivity index (χ1) is 13.8. The van der Waals surface area contributed by atoms with Crippen molar-refractivity contribution in [2.45, 2.75) is 10.3 Å². The number of rotatable bonds is 7. The summed E-state index contributed by atoms with van der Waals surface area (Å²) in [4.78, 5) is 10.3. The Morgan fingerprint density at radius 3 is 2.17 bits per heavy atom. The molecule has 0 saturated carbocycles. The molecule has 3 rings (SSSR count). The zero-order valence-corrected chi connectivity index (χ0v) is 17.7. The van der Waals surface area contributed by atoms with Crippen LogP contribution in [-0.2, 0) is 10.0 Å². The summed E-state index contributed by atoms with van der Waals surface area (Å²) in [5.74, 6) is 2.00. The monoisotopic (exact) mass is 440 g/mol. The molecule has 0 bridgehead atoms. The smallest absolute Gasteiger partial charge is 0.269 e. The van der Waals surface area contributed by atoms with Crippen LogP contribution in [0.25, 0.3) is 0 Å². The van der Waals surface area contributed by atoms with Gasteiger partial charge in [0, 0.05) is 36.1 Å². The van der Waals surface area contributed by atoms with Gasteiger partial charge in [-0.3, -0.25) is 10.1 Å². The van der Waals surface area contributed by atoms with E-state index < -0.39 is 20.3 Å². The summed E-state index contributed by atoms with van der Waals surface area (Å²) in [5, 5.41) is 10.3. The molecular weight excluding hydrogens is 420 g/mol. The molecule has 0 N–H and O–H groups in total. The Morgan fingerprint density at radius 1 is 1.03 bits per heavy atom. The molecule has 0 radical (unpaired) electrons. The standard InChI is InChI=1S/C18H20N2O7S2/c1-25-15-11-17(27-3)16(26-2)10-14(15)18-19(8-9-28-18)29(23,24)13-6-4-12(5-7-13)20(21)22/h4-7,10-11,18H,8-9H2,1-3H3/t18-/m0/s1. The number of ether oxygens (including phenoxy) is 3. The highest BCUT2D eigenvalue weighted by molar-refractivity contribution is 8.01. The van der Waals surface area contributed by atoms with E-state index in [-0.39, 0.29) is 10.6 Å². The van der Waals surface area contributed by atoms with Gasteiger partial charge in [-0.1, -0.05) is 0 Å². The van der Waals surface area contributed by atoms with Gasteiger partial charge in [0.05, 0.1) is 36.5 Å². The van der Waals surface area contributed by atoms with E-state index in [0.717, 1.165) is 0 Å². The summed E-state index contributed by atoms with van der Waals surface area (Å²) in [7, 11) is 0.631. The molecule has 0 aliphatic carbocycles. The van der Waals surface area contributed by atoms with Crippen molar-refractivity contribution < 1.29 is 27.6 Å². The number of sulfonamides is 1. The molecule has 1 saturated heterocycles. The third kappa shape index (κ3) is 3.98. The number of thioether (sulfide) groups is 1. The lowest BCUT2D eigenvalue weighted by Crippen LogP contribution is -2.30. The molecule has 0 aromatic heterocycles. The van der Waals surface area contributed by atoms with Crippen LogP contribution in [0.3, 0.4) is 0 Å².